The van der Waals surface area contributed by atoms with Crippen molar-refractivity contribution in [1.29, 1.82) is 0 Å². The van der Waals surface area contributed by atoms with Crippen LogP contribution in [0.4, 0.5) is 0 Å². The van der Waals surface area contributed by atoms with Gasteiger partial charge >= 0.3 is 5.97 Å². The van der Waals surface area contributed by atoms with E-state index < -0.39 is 5.97 Å². The molecular weight excluding hydrogens is 262 g/mol. The molecular formula is C14H19NO3S. The Labute approximate surface area is 117 Å². The van der Waals surface area contributed by atoms with Crippen molar-refractivity contribution in [3.8, 4) is 0 Å². The van der Waals surface area contributed by atoms with E-state index in [1.807, 2.05) is 32.2 Å². The molecule has 1 aromatic rings. The quantitative estimate of drug-likeness (QED) is 0.815. The van der Waals surface area contributed by atoms with Crippen molar-refractivity contribution >= 4 is 29.3 Å². The van der Waals surface area contributed by atoms with Gasteiger partial charge in [-0.05, 0) is 35.9 Å². The van der Waals surface area contributed by atoms with E-state index in [-0.39, 0.29) is 18.4 Å². The lowest BCUT2D eigenvalue weighted by atomic mass is 10.2. The van der Waals surface area contributed by atoms with E-state index in [9.17, 15) is 9.59 Å². The fourth-order valence-electron chi connectivity index (χ4n) is 1.64. The van der Waals surface area contributed by atoms with E-state index in [0.717, 1.165) is 10.4 Å². The second kappa shape index (κ2) is 7.09. The Morgan fingerprint density at radius 1 is 1.47 bits per heavy atom. The average molecular weight is 281 g/mol. The van der Waals surface area contributed by atoms with Gasteiger partial charge in [-0.25, -0.2) is 0 Å². The lowest BCUT2D eigenvalue weighted by molar-refractivity contribution is -0.143. The summed E-state index contributed by atoms with van der Waals surface area (Å²) < 4.78 is 0. The van der Waals surface area contributed by atoms with Crippen molar-refractivity contribution in [3.05, 3.63) is 28.0 Å². The number of aliphatic carboxylic acids is 1. The summed E-state index contributed by atoms with van der Waals surface area (Å²) in [6.45, 7) is 6.07. The number of hydrogen-bond donors (Lipinski definition) is 1. The van der Waals surface area contributed by atoms with Crippen LogP contribution in [0.1, 0.15) is 24.3 Å². The number of hydrogen-bond acceptors (Lipinski definition) is 3. The van der Waals surface area contributed by atoms with Crippen LogP contribution in [0.3, 0.4) is 0 Å². The van der Waals surface area contributed by atoms with Crippen molar-refractivity contribution in [2.24, 2.45) is 5.92 Å². The van der Waals surface area contributed by atoms with Crippen LogP contribution in [0.25, 0.3) is 6.08 Å². The maximum atomic E-state index is 12.0. The van der Waals surface area contributed by atoms with Gasteiger partial charge in [-0.1, -0.05) is 13.8 Å². The van der Waals surface area contributed by atoms with E-state index in [1.54, 1.807) is 17.4 Å². The smallest absolute Gasteiger partial charge is 0.323 e. The third-order valence-corrected chi connectivity index (χ3v) is 3.49. The largest absolute Gasteiger partial charge is 0.480 e. The number of amides is 1. The first-order chi connectivity index (χ1) is 8.90. The molecule has 1 aromatic heterocycles. The van der Waals surface area contributed by atoms with Gasteiger partial charge < -0.3 is 10.0 Å². The minimum atomic E-state index is -0.991. The van der Waals surface area contributed by atoms with Gasteiger partial charge in [-0.3, -0.25) is 9.59 Å². The molecule has 0 aliphatic heterocycles. The van der Waals surface area contributed by atoms with Gasteiger partial charge in [-0.2, -0.15) is 0 Å². The molecule has 0 saturated heterocycles. The molecule has 4 nitrogen and oxygen atoms in total. The third kappa shape index (κ3) is 5.26. The predicted octanol–water partition coefficient (Wildman–Crippen LogP) is 2.64. The minimum Gasteiger partial charge on any atom is -0.480 e. The monoisotopic (exact) mass is 281 g/mol. The van der Waals surface area contributed by atoms with Crippen molar-refractivity contribution in [2.75, 3.05) is 13.1 Å². The zero-order valence-corrected chi connectivity index (χ0v) is 12.2. The molecule has 5 heteroatoms. The van der Waals surface area contributed by atoms with Gasteiger partial charge in [0.1, 0.15) is 6.54 Å². The second-order valence-corrected chi connectivity index (χ2v) is 5.76. The first kappa shape index (κ1) is 15.4. The Hall–Kier alpha value is -1.62. The Bertz CT molecular complexity index is 477. The normalized spacial score (nSPS) is 11.2. The highest BCUT2D eigenvalue weighted by atomic mass is 32.1. The summed E-state index contributed by atoms with van der Waals surface area (Å²) in [6, 6.07) is 1.98. The number of carbonyl (C=O) groups is 2. The van der Waals surface area contributed by atoms with Crippen molar-refractivity contribution in [2.45, 2.75) is 20.8 Å². The minimum absolute atomic E-state index is 0.236. The summed E-state index contributed by atoms with van der Waals surface area (Å²) in [5.41, 5.74) is 1.11. The highest BCUT2D eigenvalue weighted by Gasteiger charge is 2.15. The molecule has 0 aromatic carbocycles. The van der Waals surface area contributed by atoms with Gasteiger partial charge in [0.05, 0.1) is 0 Å². The molecule has 104 valence electrons. The summed E-state index contributed by atoms with van der Waals surface area (Å²) in [7, 11) is 0. The summed E-state index contributed by atoms with van der Waals surface area (Å²) in [4.78, 5) is 25.1. The van der Waals surface area contributed by atoms with Gasteiger partial charge in [0.25, 0.3) is 0 Å². The molecule has 1 amide bonds. The van der Waals surface area contributed by atoms with E-state index in [0.29, 0.717) is 6.54 Å². The number of thiophene rings is 1. The molecule has 0 fully saturated rings. The Morgan fingerprint density at radius 2 is 2.16 bits per heavy atom. The topological polar surface area (TPSA) is 57.6 Å². The van der Waals surface area contributed by atoms with E-state index in [4.69, 9.17) is 5.11 Å². The summed E-state index contributed by atoms with van der Waals surface area (Å²) in [5, 5.41) is 10.8. The maximum absolute atomic E-state index is 12.0. The number of carboxylic acids is 1. The van der Waals surface area contributed by atoms with E-state index >= 15 is 0 Å². The highest BCUT2D eigenvalue weighted by Crippen LogP contribution is 2.17. The molecule has 0 aliphatic rings. The van der Waals surface area contributed by atoms with Gasteiger partial charge in [0, 0.05) is 17.5 Å². The van der Waals surface area contributed by atoms with Gasteiger partial charge in [-0.15, -0.1) is 11.3 Å². The number of aryl methyl sites for hydroxylation is 1. The SMILES string of the molecule is Cc1ccsc1C=CC(=O)N(CC(=O)O)CC(C)C. The molecule has 1 rings (SSSR count). The maximum Gasteiger partial charge on any atom is 0.323 e. The van der Waals surface area contributed by atoms with E-state index in [2.05, 4.69) is 0 Å². The molecule has 0 saturated carbocycles. The summed E-state index contributed by atoms with van der Waals surface area (Å²) >= 11 is 1.56. The molecule has 0 radical (unpaired) electrons. The Morgan fingerprint density at radius 3 is 2.63 bits per heavy atom. The zero-order chi connectivity index (χ0) is 14.4. The lowest BCUT2D eigenvalue weighted by Gasteiger charge is -2.21. The van der Waals surface area contributed by atoms with Crippen LogP contribution in [0.15, 0.2) is 17.5 Å². The molecule has 1 N–H and O–H groups in total. The zero-order valence-electron chi connectivity index (χ0n) is 11.4. The number of carboxylic acid groups (broad SMARTS) is 1. The summed E-state index contributed by atoms with van der Waals surface area (Å²) in [6.07, 6.45) is 3.20. The van der Waals surface area contributed by atoms with Crippen LogP contribution in [-0.2, 0) is 9.59 Å². The first-order valence-electron chi connectivity index (χ1n) is 6.13. The van der Waals surface area contributed by atoms with Crippen LogP contribution in [0.5, 0.6) is 0 Å². The van der Waals surface area contributed by atoms with Crippen molar-refractivity contribution < 1.29 is 14.7 Å². The highest BCUT2D eigenvalue weighted by molar-refractivity contribution is 7.11. The number of nitrogens with zero attached hydrogens (tertiary/aromatic N) is 1. The Kier molecular flexibility index (Phi) is 5.76. The average Bonchev–Trinajstić information content (AvgIpc) is 2.69. The summed E-state index contributed by atoms with van der Waals surface area (Å²) in [5.74, 6) is -1.02. The van der Waals surface area contributed by atoms with Crippen LogP contribution in [0.2, 0.25) is 0 Å². The molecule has 0 unspecified atom stereocenters. The standard InChI is InChI=1S/C14H19NO3S/c1-10(2)8-15(9-14(17)18)13(16)5-4-12-11(3)6-7-19-12/h4-7,10H,8-9H2,1-3H3,(H,17,18). The fraction of sp³-hybridized carbons (Fsp3) is 0.429. The Balaban J connectivity index is 2.73. The van der Waals surface area contributed by atoms with Crippen molar-refractivity contribution in [3.63, 3.8) is 0 Å². The second-order valence-electron chi connectivity index (χ2n) is 4.81. The van der Waals surface area contributed by atoms with Crippen LogP contribution in [-0.4, -0.2) is 35.0 Å². The molecule has 19 heavy (non-hydrogen) atoms. The molecule has 1 heterocycles. The number of rotatable bonds is 6. The van der Waals surface area contributed by atoms with Crippen LogP contribution < -0.4 is 0 Å². The van der Waals surface area contributed by atoms with Gasteiger partial charge in [0.15, 0.2) is 0 Å². The first-order valence-corrected chi connectivity index (χ1v) is 7.01. The predicted molar refractivity (Wildman–Crippen MR) is 77.1 cm³/mol. The van der Waals surface area contributed by atoms with Crippen molar-refractivity contribution in [1.82, 2.24) is 4.90 Å². The number of carbonyl (C=O) groups excluding carboxylic acids is 1. The molecule has 0 spiro atoms. The lowest BCUT2D eigenvalue weighted by Crippen LogP contribution is -2.37. The van der Waals surface area contributed by atoms with Gasteiger partial charge in [0.2, 0.25) is 5.91 Å². The molecule has 0 atom stereocenters. The van der Waals surface area contributed by atoms with Crippen LogP contribution >= 0.6 is 11.3 Å². The van der Waals surface area contributed by atoms with E-state index in [1.165, 1.54) is 11.0 Å². The fourth-order valence-corrected chi connectivity index (χ4v) is 2.46. The van der Waals surface area contributed by atoms with Crippen LogP contribution in [0, 0.1) is 12.8 Å². The molecule has 0 aliphatic carbocycles. The third-order valence-electron chi connectivity index (χ3n) is 2.50. The molecule has 0 bridgehead atoms.